The quantitative estimate of drug-likeness (QED) is 0.513. The summed E-state index contributed by atoms with van der Waals surface area (Å²) in [6, 6.07) is 0.845. The maximum atomic E-state index is 10.7. The summed E-state index contributed by atoms with van der Waals surface area (Å²) in [6.07, 6.45) is 2.31. The van der Waals surface area contributed by atoms with E-state index in [1.54, 1.807) is 0 Å². The van der Waals surface area contributed by atoms with Crippen molar-refractivity contribution in [1.82, 2.24) is 5.32 Å². The van der Waals surface area contributed by atoms with E-state index in [1.165, 1.54) is 0 Å². The zero-order valence-corrected chi connectivity index (χ0v) is 7.63. The van der Waals surface area contributed by atoms with Crippen molar-refractivity contribution < 1.29 is 7.54 Å². The van der Waals surface area contributed by atoms with Crippen LogP contribution in [-0.4, -0.2) is 19.4 Å². The molecule has 0 bridgehead atoms. The summed E-state index contributed by atoms with van der Waals surface area (Å²) in [6.45, 7) is 2.04. The summed E-state index contributed by atoms with van der Waals surface area (Å²) in [4.78, 5) is 10.7. The summed E-state index contributed by atoms with van der Waals surface area (Å²) in [5.41, 5.74) is 0. The fourth-order valence-corrected chi connectivity index (χ4v) is 1.71. The molecule has 68 valence electrons. The summed E-state index contributed by atoms with van der Waals surface area (Å²) in [5, 5.41) is 3.18. The normalized spacial score (nSPS) is 38.2. The highest BCUT2D eigenvalue weighted by Gasteiger charge is 2.24. The van der Waals surface area contributed by atoms with E-state index in [9.17, 15) is 4.79 Å². The molecule has 1 aliphatic rings. The first-order valence-corrected chi connectivity index (χ1v) is 4.39. The van der Waals surface area contributed by atoms with E-state index in [4.69, 9.17) is 2.74 Å². The third kappa shape index (κ3) is 1.95. The number of aldehydes is 1. The van der Waals surface area contributed by atoms with E-state index >= 15 is 0 Å². The standard InChI is InChI=1S/C10H17NO/c1-8-9(6-7-12)4-3-5-10(8)11-2/h3-4,7-11H,5-6H2,1-2H3/i4T,7T. The van der Waals surface area contributed by atoms with Gasteiger partial charge in [0.1, 0.15) is 7.63 Å². The van der Waals surface area contributed by atoms with E-state index in [0.717, 1.165) is 6.42 Å². The van der Waals surface area contributed by atoms with Crippen LogP contribution >= 0.6 is 0 Å². The second-order valence-corrected chi connectivity index (χ2v) is 3.32. The number of nitrogens with one attached hydrogen (secondary N) is 1. The molecular weight excluding hydrogens is 150 g/mol. The summed E-state index contributed by atoms with van der Waals surface area (Å²) in [7, 11) is 1.89. The number of allylic oxidation sites excluding steroid dienone is 1. The minimum Gasteiger partial charge on any atom is -0.316 e. The number of rotatable bonds is 3. The van der Waals surface area contributed by atoms with Gasteiger partial charge in [0.25, 0.3) is 0 Å². The van der Waals surface area contributed by atoms with Crippen molar-refractivity contribution in [3.8, 4) is 0 Å². The Hall–Kier alpha value is -0.630. The highest BCUT2D eigenvalue weighted by Crippen LogP contribution is 2.26. The molecule has 0 aromatic heterocycles. The van der Waals surface area contributed by atoms with Crippen molar-refractivity contribution in [1.29, 1.82) is 0 Å². The molecule has 3 unspecified atom stereocenters. The molecule has 1 aliphatic carbocycles. The van der Waals surface area contributed by atoms with Crippen molar-refractivity contribution in [2.75, 3.05) is 7.05 Å². The predicted molar refractivity (Wildman–Crippen MR) is 49.9 cm³/mol. The predicted octanol–water partition coefficient (Wildman–Crippen LogP) is 1.38. The van der Waals surface area contributed by atoms with Crippen molar-refractivity contribution in [2.45, 2.75) is 25.8 Å². The van der Waals surface area contributed by atoms with Gasteiger partial charge in [-0.05, 0) is 25.3 Å². The van der Waals surface area contributed by atoms with Crippen LogP contribution in [0.25, 0.3) is 0 Å². The molecule has 3 atom stereocenters. The highest BCUT2D eigenvalue weighted by atomic mass is 16.1. The fraction of sp³-hybridized carbons (Fsp3) is 0.700. The van der Waals surface area contributed by atoms with Gasteiger partial charge in [-0.1, -0.05) is 19.1 Å². The molecule has 12 heavy (non-hydrogen) atoms. The van der Waals surface area contributed by atoms with Crippen LogP contribution in [0, 0.1) is 11.8 Å². The molecule has 1 rings (SSSR count). The molecule has 2 nitrogen and oxygen atoms in total. The lowest BCUT2D eigenvalue weighted by Crippen LogP contribution is -2.37. The van der Waals surface area contributed by atoms with Gasteiger partial charge in [0, 0.05) is 12.5 Å². The van der Waals surface area contributed by atoms with Crippen LogP contribution in [0.15, 0.2) is 12.1 Å². The van der Waals surface area contributed by atoms with E-state index in [-0.39, 0.29) is 18.3 Å². The summed E-state index contributed by atoms with van der Waals surface area (Å²) >= 11 is 0. The second kappa shape index (κ2) is 4.41. The lowest BCUT2D eigenvalue weighted by atomic mass is 9.80. The number of carbonyl (C=O) groups is 1. The Bertz CT molecular complexity index is 253. The van der Waals surface area contributed by atoms with Gasteiger partial charge >= 0.3 is 0 Å². The minimum atomic E-state index is -0.572. The van der Waals surface area contributed by atoms with E-state index < -0.39 is 6.26 Å². The Morgan fingerprint density at radius 3 is 3.25 bits per heavy atom. The number of hydrogen-bond acceptors (Lipinski definition) is 2. The average molecular weight is 171 g/mol. The third-order valence-electron chi connectivity index (χ3n) is 2.65. The monoisotopic (exact) mass is 171 g/mol. The Morgan fingerprint density at radius 1 is 1.92 bits per heavy atom. The molecule has 0 amide bonds. The largest absolute Gasteiger partial charge is 0.316 e. The molecule has 0 radical (unpaired) electrons. The minimum absolute atomic E-state index is 0.0776. The van der Waals surface area contributed by atoms with Gasteiger partial charge in [-0.3, -0.25) is 0 Å². The van der Waals surface area contributed by atoms with E-state index in [2.05, 4.69) is 5.32 Å². The Labute approximate surface area is 76.8 Å². The first kappa shape index (κ1) is 6.84. The van der Waals surface area contributed by atoms with Crippen molar-refractivity contribution in [2.24, 2.45) is 11.8 Å². The fourth-order valence-electron chi connectivity index (χ4n) is 1.71. The van der Waals surface area contributed by atoms with Gasteiger partial charge < -0.3 is 10.1 Å². The average Bonchev–Trinajstić information content (AvgIpc) is 2.12. The second-order valence-electron chi connectivity index (χ2n) is 3.32. The molecule has 0 spiro atoms. The maximum Gasteiger partial charge on any atom is 0.120 e. The zero-order valence-electron chi connectivity index (χ0n) is 9.63. The molecule has 0 aliphatic heterocycles. The zero-order chi connectivity index (χ0) is 10.7. The Kier molecular flexibility index (Phi) is 2.51. The molecule has 0 aromatic carbocycles. The number of carbonyl (C=O) groups excluding carboxylic acids is 1. The molecule has 0 fully saturated rings. The smallest absolute Gasteiger partial charge is 0.120 e. The lowest BCUT2D eigenvalue weighted by molar-refractivity contribution is -0.108. The molecular formula is C10H17NO. The van der Waals surface area contributed by atoms with Gasteiger partial charge in [-0.2, -0.15) is 0 Å². The third-order valence-corrected chi connectivity index (χ3v) is 2.65. The van der Waals surface area contributed by atoms with Crippen molar-refractivity contribution in [3.05, 3.63) is 12.1 Å². The maximum absolute atomic E-state index is 10.7. The van der Waals surface area contributed by atoms with Crippen LogP contribution in [0.4, 0.5) is 0 Å². The molecule has 1 N–H and O–H groups in total. The molecule has 0 heterocycles. The van der Waals surface area contributed by atoms with Crippen LogP contribution in [0.5, 0.6) is 0 Å². The Balaban J connectivity index is 2.74. The van der Waals surface area contributed by atoms with Gasteiger partial charge in [-0.25, -0.2) is 0 Å². The van der Waals surface area contributed by atoms with Gasteiger partial charge in [0.2, 0.25) is 0 Å². The first-order chi connectivity index (χ1) is 6.56. The van der Waals surface area contributed by atoms with E-state index in [0.29, 0.717) is 12.1 Å². The molecule has 0 saturated carbocycles. The van der Waals surface area contributed by atoms with Crippen LogP contribution in [0.2, 0.25) is 0 Å². The number of hydrogen-bond donors (Lipinski definition) is 1. The van der Waals surface area contributed by atoms with Gasteiger partial charge in [0.05, 0.1) is 1.37 Å². The van der Waals surface area contributed by atoms with Gasteiger partial charge in [0.15, 0.2) is 0 Å². The van der Waals surface area contributed by atoms with Crippen LogP contribution in [-0.2, 0) is 4.79 Å². The molecule has 0 aromatic rings. The van der Waals surface area contributed by atoms with E-state index in [1.807, 2.05) is 20.0 Å². The topological polar surface area (TPSA) is 29.1 Å². The van der Waals surface area contributed by atoms with Gasteiger partial charge in [-0.15, -0.1) is 0 Å². The highest BCUT2D eigenvalue weighted by molar-refractivity contribution is 5.50. The van der Waals surface area contributed by atoms with Crippen molar-refractivity contribution in [3.63, 3.8) is 0 Å². The van der Waals surface area contributed by atoms with Crippen LogP contribution in [0.1, 0.15) is 22.5 Å². The lowest BCUT2D eigenvalue weighted by Gasteiger charge is -2.31. The van der Waals surface area contributed by atoms with Crippen LogP contribution in [0.3, 0.4) is 0 Å². The molecule has 2 heteroatoms. The SMILES string of the molecule is [3H]C(=O)CC1C([3H])=CCC(NC)C1C. The summed E-state index contributed by atoms with van der Waals surface area (Å²) < 4.78 is 14.7. The van der Waals surface area contributed by atoms with Crippen LogP contribution < -0.4 is 5.32 Å². The first-order valence-electron chi connectivity index (χ1n) is 5.39. The Morgan fingerprint density at radius 2 is 2.67 bits per heavy atom. The summed E-state index contributed by atoms with van der Waals surface area (Å²) in [5.74, 6) is 0.179. The molecule has 0 saturated heterocycles. The van der Waals surface area contributed by atoms with Crippen molar-refractivity contribution >= 4 is 6.26 Å².